The summed E-state index contributed by atoms with van der Waals surface area (Å²) < 4.78 is 37.7. The molecule has 2 rings (SSSR count). The number of nitrogens with zero attached hydrogens (tertiary/aromatic N) is 1. The van der Waals surface area contributed by atoms with E-state index in [-0.39, 0.29) is 5.82 Å². The summed E-state index contributed by atoms with van der Waals surface area (Å²) in [4.78, 5) is 3.91. The number of aromatic nitrogens is 1. The van der Waals surface area contributed by atoms with Crippen molar-refractivity contribution in [2.75, 3.05) is 18.4 Å². The van der Waals surface area contributed by atoms with Crippen LogP contribution >= 0.6 is 0 Å². The van der Waals surface area contributed by atoms with Gasteiger partial charge in [-0.2, -0.15) is 13.2 Å². The Labute approximate surface area is 123 Å². The van der Waals surface area contributed by atoms with Crippen molar-refractivity contribution in [2.24, 2.45) is 0 Å². The van der Waals surface area contributed by atoms with Gasteiger partial charge in [-0.1, -0.05) is 25.7 Å². The van der Waals surface area contributed by atoms with Crippen molar-refractivity contribution in [1.82, 2.24) is 10.3 Å². The fourth-order valence-electron chi connectivity index (χ4n) is 2.65. The van der Waals surface area contributed by atoms with Gasteiger partial charge in [-0.25, -0.2) is 4.98 Å². The van der Waals surface area contributed by atoms with Crippen LogP contribution in [0.3, 0.4) is 0 Å². The van der Waals surface area contributed by atoms with E-state index in [9.17, 15) is 13.2 Å². The topological polar surface area (TPSA) is 37.0 Å². The molecule has 3 nitrogen and oxygen atoms in total. The van der Waals surface area contributed by atoms with Crippen LogP contribution in [0, 0.1) is 0 Å². The molecule has 0 amide bonds. The van der Waals surface area contributed by atoms with Crippen molar-refractivity contribution in [2.45, 2.75) is 50.7 Å². The summed E-state index contributed by atoms with van der Waals surface area (Å²) in [6, 6.07) is 2.57. The lowest BCUT2D eigenvalue weighted by atomic mass is 10.1. The van der Waals surface area contributed by atoms with E-state index in [4.69, 9.17) is 0 Å². The average Bonchev–Trinajstić information content (AvgIpc) is 2.72. The minimum Gasteiger partial charge on any atom is -0.369 e. The highest BCUT2D eigenvalue weighted by Gasteiger charge is 2.30. The second-order valence-corrected chi connectivity index (χ2v) is 5.50. The maximum atomic E-state index is 12.6. The highest BCUT2D eigenvalue weighted by atomic mass is 19.4. The molecule has 1 fully saturated rings. The standard InChI is InChI=1S/C15H22F3N3/c16-15(17,18)12-7-8-20-14(11-12)21-10-9-19-13-5-3-1-2-4-6-13/h7-8,11,13,19H,1-6,9-10H2,(H,20,21). The van der Waals surface area contributed by atoms with Gasteiger partial charge >= 0.3 is 6.18 Å². The summed E-state index contributed by atoms with van der Waals surface area (Å²) in [7, 11) is 0. The van der Waals surface area contributed by atoms with Crippen LogP contribution in [0.1, 0.15) is 44.1 Å². The quantitative estimate of drug-likeness (QED) is 0.641. The molecule has 1 aromatic rings. The summed E-state index contributed by atoms with van der Waals surface area (Å²) in [5.41, 5.74) is -0.670. The molecule has 0 spiro atoms. The molecule has 1 aromatic heterocycles. The Morgan fingerprint density at radius 3 is 2.48 bits per heavy atom. The number of pyridine rings is 1. The van der Waals surface area contributed by atoms with Crippen LogP contribution in [-0.2, 0) is 6.18 Å². The molecular weight excluding hydrogens is 279 g/mol. The first kappa shape index (κ1) is 16.1. The van der Waals surface area contributed by atoms with Crippen LogP contribution in [0.2, 0.25) is 0 Å². The van der Waals surface area contributed by atoms with Crippen molar-refractivity contribution in [1.29, 1.82) is 0 Å². The first-order chi connectivity index (χ1) is 10.1. The molecule has 0 saturated heterocycles. The average molecular weight is 301 g/mol. The van der Waals surface area contributed by atoms with Gasteiger partial charge in [0, 0.05) is 25.3 Å². The normalized spacial score (nSPS) is 17.5. The Hall–Kier alpha value is -1.30. The first-order valence-electron chi connectivity index (χ1n) is 7.56. The van der Waals surface area contributed by atoms with E-state index in [2.05, 4.69) is 15.6 Å². The van der Waals surface area contributed by atoms with Crippen molar-refractivity contribution in [3.63, 3.8) is 0 Å². The van der Waals surface area contributed by atoms with Crippen LogP contribution in [0.15, 0.2) is 18.3 Å². The third-order valence-electron chi connectivity index (χ3n) is 3.81. The second kappa shape index (κ2) is 7.64. The molecular formula is C15H22F3N3. The summed E-state index contributed by atoms with van der Waals surface area (Å²) in [5.74, 6) is 0.271. The minimum absolute atomic E-state index is 0.271. The largest absolute Gasteiger partial charge is 0.416 e. The van der Waals surface area contributed by atoms with Gasteiger partial charge in [-0.3, -0.25) is 0 Å². The lowest BCUT2D eigenvalue weighted by Crippen LogP contribution is -2.32. The lowest BCUT2D eigenvalue weighted by molar-refractivity contribution is -0.137. The maximum Gasteiger partial charge on any atom is 0.416 e. The zero-order valence-electron chi connectivity index (χ0n) is 12.0. The van der Waals surface area contributed by atoms with E-state index in [1.165, 1.54) is 44.7 Å². The predicted molar refractivity (Wildman–Crippen MR) is 77.2 cm³/mol. The SMILES string of the molecule is FC(F)(F)c1ccnc(NCCNC2CCCCCC2)c1. The Kier molecular flexibility index (Phi) is 5.85. The minimum atomic E-state index is -4.32. The fourth-order valence-corrected chi connectivity index (χ4v) is 2.65. The number of alkyl halides is 3. The van der Waals surface area contributed by atoms with Crippen molar-refractivity contribution in [3.8, 4) is 0 Å². The Morgan fingerprint density at radius 2 is 1.81 bits per heavy atom. The Morgan fingerprint density at radius 1 is 1.10 bits per heavy atom. The van der Waals surface area contributed by atoms with Gasteiger partial charge in [0.05, 0.1) is 5.56 Å². The van der Waals surface area contributed by atoms with E-state index >= 15 is 0 Å². The Balaban J connectivity index is 1.73. The van der Waals surface area contributed by atoms with Gasteiger partial charge in [0.25, 0.3) is 0 Å². The maximum absolute atomic E-state index is 12.6. The van der Waals surface area contributed by atoms with Crippen molar-refractivity contribution >= 4 is 5.82 Å². The summed E-state index contributed by atoms with van der Waals surface area (Å²) in [6.07, 6.45) is 4.40. The van der Waals surface area contributed by atoms with Crippen LogP contribution in [0.25, 0.3) is 0 Å². The molecule has 118 valence electrons. The third kappa shape index (κ3) is 5.53. The van der Waals surface area contributed by atoms with E-state index < -0.39 is 11.7 Å². The molecule has 6 heteroatoms. The molecule has 0 bridgehead atoms. The number of nitrogens with one attached hydrogen (secondary N) is 2. The Bertz CT molecular complexity index is 426. The smallest absolute Gasteiger partial charge is 0.369 e. The molecule has 1 heterocycles. The summed E-state index contributed by atoms with van der Waals surface area (Å²) in [5, 5.41) is 6.40. The number of rotatable bonds is 5. The zero-order valence-corrected chi connectivity index (χ0v) is 12.0. The van der Waals surface area contributed by atoms with Gasteiger partial charge in [0.1, 0.15) is 5.82 Å². The first-order valence-corrected chi connectivity index (χ1v) is 7.56. The molecule has 0 aliphatic heterocycles. The number of hydrogen-bond donors (Lipinski definition) is 2. The van der Waals surface area contributed by atoms with Gasteiger partial charge in [0.2, 0.25) is 0 Å². The molecule has 0 atom stereocenters. The number of anilines is 1. The van der Waals surface area contributed by atoms with Crippen LogP contribution in [-0.4, -0.2) is 24.1 Å². The van der Waals surface area contributed by atoms with Gasteiger partial charge < -0.3 is 10.6 Å². The van der Waals surface area contributed by atoms with Gasteiger partial charge in [-0.05, 0) is 25.0 Å². The molecule has 0 unspecified atom stereocenters. The number of halogens is 3. The van der Waals surface area contributed by atoms with E-state index in [0.717, 1.165) is 18.7 Å². The summed E-state index contributed by atoms with van der Waals surface area (Å²) >= 11 is 0. The number of hydrogen-bond acceptors (Lipinski definition) is 3. The van der Waals surface area contributed by atoms with Gasteiger partial charge in [-0.15, -0.1) is 0 Å². The van der Waals surface area contributed by atoms with Crippen molar-refractivity contribution < 1.29 is 13.2 Å². The second-order valence-electron chi connectivity index (χ2n) is 5.50. The van der Waals surface area contributed by atoms with Crippen LogP contribution in [0.5, 0.6) is 0 Å². The molecule has 21 heavy (non-hydrogen) atoms. The highest BCUT2D eigenvalue weighted by molar-refractivity contribution is 5.38. The highest BCUT2D eigenvalue weighted by Crippen LogP contribution is 2.29. The summed E-state index contributed by atoms with van der Waals surface area (Å²) in [6.45, 7) is 1.31. The van der Waals surface area contributed by atoms with Crippen LogP contribution in [0.4, 0.5) is 19.0 Å². The zero-order chi connectivity index (χ0) is 15.1. The van der Waals surface area contributed by atoms with Crippen molar-refractivity contribution in [3.05, 3.63) is 23.9 Å². The molecule has 1 aliphatic carbocycles. The van der Waals surface area contributed by atoms with E-state index in [1.54, 1.807) is 0 Å². The third-order valence-corrected chi connectivity index (χ3v) is 3.81. The molecule has 0 aromatic carbocycles. The molecule has 1 aliphatic rings. The lowest BCUT2D eigenvalue weighted by Gasteiger charge is -2.16. The predicted octanol–water partition coefficient (Wildman–Crippen LogP) is 3.82. The van der Waals surface area contributed by atoms with E-state index in [0.29, 0.717) is 12.6 Å². The molecule has 1 saturated carbocycles. The van der Waals surface area contributed by atoms with E-state index in [1.807, 2.05) is 0 Å². The van der Waals surface area contributed by atoms with Crippen LogP contribution < -0.4 is 10.6 Å². The monoisotopic (exact) mass is 301 g/mol. The van der Waals surface area contributed by atoms with Gasteiger partial charge in [0.15, 0.2) is 0 Å². The fraction of sp³-hybridized carbons (Fsp3) is 0.667. The molecule has 0 radical (unpaired) electrons. The molecule has 2 N–H and O–H groups in total.